The summed E-state index contributed by atoms with van der Waals surface area (Å²) in [5.74, 6) is 9.96. The minimum absolute atomic E-state index is 0.461. The topological polar surface area (TPSA) is 84.4 Å². The zero-order valence-electron chi connectivity index (χ0n) is 5.42. The van der Waals surface area contributed by atoms with Crippen LogP contribution >= 0.6 is 0 Å². The van der Waals surface area contributed by atoms with Crippen molar-refractivity contribution < 1.29 is 4.79 Å². The second-order valence-electron chi connectivity index (χ2n) is 1.64. The van der Waals surface area contributed by atoms with E-state index in [-0.39, 0.29) is 0 Å². The summed E-state index contributed by atoms with van der Waals surface area (Å²) in [6.45, 7) is 2.44. The van der Waals surface area contributed by atoms with E-state index in [1.807, 2.05) is 12.3 Å². The molecule has 0 bridgehead atoms. The van der Waals surface area contributed by atoms with Crippen LogP contribution in [-0.2, 0) is 0 Å². The number of nitrogens with two attached hydrogens (primary N) is 2. The number of hydrogen-bond donors (Lipinski definition) is 3. The highest BCUT2D eigenvalue weighted by molar-refractivity contribution is 5.72. The molecular weight excluding hydrogens is 120 g/mol. The summed E-state index contributed by atoms with van der Waals surface area (Å²) in [5, 5.41) is 1.03. The molecule has 0 fully saturated rings. The van der Waals surface area contributed by atoms with E-state index < -0.39 is 6.03 Å². The van der Waals surface area contributed by atoms with Gasteiger partial charge in [-0.1, -0.05) is 6.92 Å². The molecule has 0 aromatic rings. The van der Waals surface area contributed by atoms with Gasteiger partial charge in [0.25, 0.3) is 0 Å². The quantitative estimate of drug-likeness (QED) is 0.260. The van der Waals surface area contributed by atoms with Gasteiger partial charge in [0, 0.05) is 6.54 Å². The van der Waals surface area contributed by atoms with E-state index in [2.05, 4.69) is 0 Å². The standard InChI is InChI=1S/C4H12N4O/c1-2-3-8(6)4(9)7-5/h2-3,5-6H2,1H3,(H,7,9). The summed E-state index contributed by atoms with van der Waals surface area (Å²) >= 11 is 0. The lowest BCUT2D eigenvalue weighted by Crippen LogP contribution is -2.47. The molecule has 5 nitrogen and oxygen atoms in total. The highest BCUT2D eigenvalue weighted by atomic mass is 16.2. The minimum atomic E-state index is -0.461. The Morgan fingerprint density at radius 1 is 1.78 bits per heavy atom. The number of urea groups is 1. The van der Waals surface area contributed by atoms with Crippen LogP contribution in [0.2, 0.25) is 0 Å². The zero-order valence-corrected chi connectivity index (χ0v) is 5.42. The Bertz CT molecular complexity index is 94.6. The molecule has 54 valence electrons. The summed E-state index contributed by atoms with van der Waals surface area (Å²) in [7, 11) is 0. The van der Waals surface area contributed by atoms with Gasteiger partial charge in [-0.25, -0.2) is 16.5 Å². The van der Waals surface area contributed by atoms with Gasteiger partial charge in [-0.15, -0.1) is 0 Å². The number of hydrogen-bond acceptors (Lipinski definition) is 3. The lowest BCUT2D eigenvalue weighted by molar-refractivity contribution is 0.199. The second kappa shape index (κ2) is 4.11. The maximum atomic E-state index is 10.5. The molecule has 9 heavy (non-hydrogen) atoms. The fourth-order valence-corrected chi connectivity index (χ4v) is 0.425. The third kappa shape index (κ3) is 2.89. The van der Waals surface area contributed by atoms with Gasteiger partial charge in [0.15, 0.2) is 0 Å². The normalized spacial score (nSPS) is 8.78. The Balaban J connectivity index is 3.45. The molecule has 0 saturated heterocycles. The van der Waals surface area contributed by atoms with Crippen molar-refractivity contribution in [3.63, 3.8) is 0 Å². The number of nitrogens with one attached hydrogen (secondary N) is 1. The number of amides is 2. The van der Waals surface area contributed by atoms with Crippen LogP contribution in [0.5, 0.6) is 0 Å². The van der Waals surface area contributed by atoms with Crippen molar-refractivity contribution in [1.82, 2.24) is 10.4 Å². The van der Waals surface area contributed by atoms with Crippen LogP contribution in [0.4, 0.5) is 4.79 Å². The Labute approximate surface area is 53.9 Å². The van der Waals surface area contributed by atoms with Crippen LogP contribution in [0.3, 0.4) is 0 Å². The van der Waals surface area contributed by atoms with Crippen molar-refractivity contribution >= 4 is 6.03 Å². The van der Waals surface area contributed by atoms with E-state index in [0.717, 1.165) is 11.4 Å². The van der Waals surface area contributed by atoms with Crippen molar-refractivity contribution in [3.8, 4) is 0 Å². The van der Waals surface area contributed by atoms with Crippen LogP contribution in [0.15, 0.2) is 0 Å². The summed E-state index contributed by atoms with van der Waals surface area (Å²) < 4.78 is 0. The maximum Gasteiger partial charge on any atom is 0.345 e. The van der Waals surface area contributed by atoms with E-state index in [4.69, 9.17) is 11.7 Å². The lowest BCUT2D eigenvalue weighted by Gasteiger charge is -2.13. The first kappa shape index (κ1) is 8.19. The van der Waals surface area contributed by atoms with Crippen LogP contribution < -0.4 is 17.1 Å². The first-order chi connectivity index (χ1) is 4.22. The molecule has 0 radical (unpaired) electrons. The van der Waals surface area contributed by atoms with Crippen LogP contribution in [0, 0.1) is 0 Å². The fraction of sp³-hybridized carbons (Fsp3) is 0.750. The SMILES string of the molecule is CCCN(N)C(=O)NN. The molecule has 0 aliphatic heterocycles. The number of carbonyl (C=O) groups excluding carboxylic acids is 1. The first-order valence-corrected chi connectivity index (χ1v) is 2.75. The molecule has 0 heterocycles. The van der Waals surface area contributed by atoms with Crippen molar-refractivity contribution in [1.29, 1.82) is 0 Å². The van der Waals surface area contributed by atoms with Gasteiger partial charge in [-0.2, -0.15) is 0 Å². The predicted molar refractivity (Wildman–Crippen MR) is 33.9 cm³/mol. The summed E-state index contributed by atoms with van der Waals surface area (Å²) in [6, 6.07) is -0.461. The Morgan fingerprint density at radius 2 is 2.33 bits per heavy atom. The molecule has 0 unspecified atom stereocenters. The Kier molecular flexibility index (Phi) is 3.74. The molecule has 0 aliphatic rings. The third-order valence-corrected chi connectivity index (χ3v) is 0.849. The summed E-state index contributed by atoms with van der Waals surface area (Å²) in [6.07, 6.45) is 0.823. The lowest BCUT2D eigenvalue weighted by atomic mass is 10.5. The van der Waals surface area contributed by atoms with Crippen LogP contribution in [0.1, 0.15) is 13.3 Å². The molecule has 0 saturated carbocycles. The van der Waals surface area contributed by atoms with E-state index >= 15 is 0 Å². The highest BCUT2D eigenvalue weighted by Crippen LogP contribution is 1.80. The van der Waals surface area contributed by atoms with Gasteiger partial charge in [0.05, 0.1) is 0 Å². The molecule has 0 aliphatic carbocycles. The largest absolute Gasteiger partial charge is 0.345 e. The molecule has 5 heteroatoms. The molecule has 0 aromatic heterocycles. The number of nitrogens with zero attached hydrogens (tertiary/aromatic N) is 1. The minimum Gasteiger partial charge on any atom is -0.275 e. The van der Waals surface area contributed by atoms with Crippen molar-refractivity contribution in [3.05, 3.63) is 0 Å². The summed E-state index contributed by atoms with van der Waals surface area (Å²) in [4.78, 5) is 10.5. The third-order valence-electron chi connectivity index (χ3n) is 0.849. The van der Waals surface area contributed by atoms with Crippen molar-refractivity contribution in [2.45, 2.75) is 13.3 Å². The molecule has 0 aromatic carbocycles. The predicted octanol–water partition coefficient (Wildman–Crippen LogP) is -0.845. The Hall–Kier alpha value is -0.810. The highest BCUT2D eigenvalue weighted by Gasteiger charge is 2.02. The fourth-order valence-electron chi connectivity index (χ4n) is 0.425. The van der Waals surface area contributed by atoms with Crippen molar-refractivity contribution in [2.75, 3.05) is 6.54 Å². The average molecular weight is 132 g/mol. The molecule has 0 spiro atoms. The zero-order chi connectivity index (χ0) is 7.28. The molecular formula is C4H12N4O. The average Bonchev–Trinajstić information content (AvgIpc) is 1.87. The smallest absolute Gasteiger partial charge is 0.275 e. The van der Waals surface area contributed by atoms with Gasteiger partial charge in [-0.3, -0.25) is 10.4 Å². The van der Waals surface area contributed by atoms with Gasteiger partial charge >= 0.3 is 6.03 Å². The van der Waals surface area contributed by atoms with Gasteiger partial charge in [0.2, 0.25) is 0 Å². The van der Waals surface area contributed by atoms with Crippen LogP contribution in [0.25, 0.3) is 0 Å². The van der Waals surface area contributed by atoms with Gasteiger partial charge in [0.1, 0.15) is 0 Å². The number of carbonyl (C=O) groups is 1. The number of rotatable bonds is 2. The number of hydrazine groups is 2. The molecule has 0 rings (SSSR count). The molecule has 5 N–H and O–H groups in total. The Morgan fingerprint density at radius 3 is 2.67 bits per heavy atom. The maximum absolute atomic E-state index is 10.5. The molecule has 2 amide bonds. The first-order valence-electron chi connectivity index (χ1n) is 2.75. The van der Waals surface area contributed by atoms with Gasteiger partial charge < -0.3 is 0 Å². The second-order valence-corrected chi connectivity index (χ2v) is 1.64. The van der Waals surface area contributed by atoms with E-state index in [0.29, 0.717) is 6.54 Å². The van der Waals surface area contributed by atoms with E-state index in [1.54, 1.807) is 0 Å². The van der Waals surface area contributed by atoms with Gasteiger partial charge in [-0.05, 0) is 6.42 Å². The molecule has 0 atom stereocenters. The van der Waals surface area contributed by atoms with E-state index in [9.17, 15) is 4.79 Å². The summed E-state index contributed by atoms with van der Waals surface area (Å²) in [5.41, 5.74) is 1.91. The van der Waals surface area contributed by atoms with Crippen LogP contribution in [-0.4, -0.2) is 17.6 Å². The van der Waals surface area contributed by atoms with E-state index in [1.165, 1.54) is 0 Å². The monoisotopic (exact) mass is 132 g/mol. The van der Waals surface area contributed by atoms with Crippen molar-refractivity contribution in [2.24, 2.45) is 11.7 Å².